The third-order valence-electron chi connectivity index (χ3n) is 2.99. The van der Waals surface area contributed by atoms with Crippen LogP contribution in [0, 0.1) is 0 Å². The van der Waals surface area contributed by atoms with E-state index in [0.717, 1.165) is 5.52 Å². The van der Waals surface area contributed by atoms with E-state index < -0.39 is 10.0 Å². The van der Waals surface area contributed by atoms with E-state index in [4.69, 9.17) is 5.73 Å². The fourth-order valence-electron chi connectivity index (χ4n) is 2.03. The number of nitrogens with one attached hydrogen (secondary N) is 1. The molecule has 0 aliphatic carbocycles. The molecule has 1 aromatic carbocycles. The molecular weight excluding hydrogens is 250 g/mol. The molecule has 1 aromatic heterocycles. The fourth-order valence-corrected chi connectivity index (χ4v) is 3.64. The molecule has 0 fully saturated rings. The number of anilines is 1. The molecule has 0 aliphatic heterocycles. The van der Waals surface area contributed by atoms with Crippen molar-refractivity contribution in [3.05, 3.63) is 24.4 Å². The maximum atomic E-state index is 12.4. The molecule has 0 amide bonds. The van der Waals surface area contributed by atoms with E-state index in [9.17, 15) is 8.42 Å². The molecule has 98 valence electrons. The van der Waals surface area contributed by atoms with Crippen LogP contribution < -0.4 is 5.73 Å². The smallest absolute Gasteiger partial charge is 0.245 e. The number of hydrogen-bond donors (Lipinski definition) is 2. The zero-order valence-corrected chi connectivity index (χ0v) is 11.3. The largest absolute Gasteiger partial charge is 0.399 e. The fraction of sp³-hybridized carbons (Fsp3) is 0.333. The topological polar surface area (TPSA) is 79.2 Å². The van der Waals surface area contributed by atoms with Crippen molar-refractivity contribution in [3.8, 4) is 0 Å². The van der Waals surface area contributed by atoms with E-state index in [1.807, 2.05) is 13.8 Å². The summed E-state index contributed by atoms with van der Waals surface area (Å²) in [6.45, 7) is 4.55. The van der Waals surface area contributed by atoms with Crippen LogP contribution in [0.2, 0.25) is 0 Å². The van der Waals surface area contributed by atoms with Crippen molar-refractivity contribution in [1.82, 2.24) is 9.29 Å². The number of rotatable bonds is 4. The van der Waals surface area contributed by atoms with Gasteiger partial charge in [-0.1, -0.05) is 13.8 Å². The molecule has 3 N–H and O–H groups in total. The van der Waals surface area contributed by atoms with E-state index in [1.54, 1.807) is 18.2 Å². The number of sulfonamides is 1. The van der Waals surface area contributed by atoms with E-state index in [-0.39, 0.29) is 4.90 Å². The minimum atomic E-state index is -3.45. The lowest BCUT2D eigenvalue weighted by molar-refractivity contribution is 0.446. The Kier molecular flexibility index (Phi) is 3.32. The highest BCUT2D eigenvalue weighted by molar-refractivity contribution is 7.89. The van der Waals surface area contributed by atoms with Crippen LogP contribution in [0.25, 0.3) is 10.9 Å². The normalized spacial score (nSPS) is 12.4. The Morgan fingerprint density at radius 1 is 1.28 bits per heavy atom. The zero-order valence-electron chi connectivity index (χ0n) is 10.5. The summed E-state index contributed by atoms with van der Waals surface area (Å²) in [5, 5.41) is 0.641. The number of aromatic amines is 1. The van der Waals surface area contributed by atoms with Gasteiger partial charge in [0.1, 0.15) is 4.90 Å². The monoisotopic (exact) mass is 267 g/mol. The van der Waals surface area contributed by atoms with Crippen molar-refractivity contribution in [2.24, 2.45) is 0 Å². The van der Waals surface area contributed by atoms with Gasteiger partial charge in [-0.25, -0.2) is 8.42 Å². The average molecular weight is 267 g/mol. The Morgan fingerprint density at radius 3 is 2.56 bits per heavy atom. The molecule has 0 unspecified atom stereocenters. The van der Waals surface area contributed by atoms with Gasteiger partial charge in [0.25, 0.3) is 0 Å². The van der Waals surface area contributed by atoms with Gasteiger partial charge in [-0.05, 0) is 18.2 Å². The van der Waals surface area contributed by atoms with Crippen molar-refractivity contribution in [3.63, 3.8) is 0 Å². The quantitative estimate of drug-likeness (QED) is 0.829. The van der Waals surface area contributed by atoms with Crippen molar-refractivity contribution in [2.75, 3.05) is 18.8 Å². The third-order valence-corrected chi connectivity index (χ3v) is 5.08. The molecule has 2 aromatic rings. The van der Waals surface area contributed by atoms with Crippen molar-refractivity contribution >= 4 is 26.6 Å². The van der Waals surface area contributed by atoms with Gasteiger partial charge in [0.2, 0.25) is 10.0 Å². The Balaban J connectivity index is 2.64. The summed E-state index contributed by atoms with van der Waals surface area (Å²) in [5.74, 6) is 0. The predicted octanol–water partition coefficient (Wildman–Crippen LogP) is 1.78. The molecule has 5 nitrogen and oxygen atoms in total. The summed E-state index contributed by atoms with van der Waals surface area (Å²) in [4.78, 5) is 3.25. The number of fused-ring (bicyclic) bond motifs is 1. The molecule has 0 saturated heterocycles. The second-order valence-electron chi connectivity index (χ2n) is 4.05. The van der Waals surface area contributed by atoms with E-state index in [0.29, 0.717) is 24.2 Å². The number of H-pyrrole nitrogens is 1. The molecule has 1 heterocycles. The molecule has 0 bridgehead atoms. The second kappa shape index (κ2) is 4.62. The Morgan fingerprint density at radius 2 is 1.94 bits per heavy atom. The van der Waals surface area contributed by atoms with Crippen LogP contribution in [-0.2, 0) is 10.0 Å². The van der Waals surface area contributed by atoms with Gasteiger partial charge in [-0.2, -0.15) is 4.31 Å². The van der Waals surface area contributed by atoms with Crippen LogP contribution >= 0.6 is 0 Å². The SMILES string of the molecule is CCN(CC)S(=O)(=O)c1c[nH]c2ccc(N)cc12. The van der Waals surface area contributed by atoms with E-state index in [2.05, 4.69) is 4.98 Å². The first kappa shape index (κ1) is 12.9. The molecule has 18 heavy (non-hydrogen) atoms. The minimum absolute atomic E-state index is 0.286. The minimum Gasteiger partial charge on any atom is -0.399 e. The maximum Gasteiger partial charge on any atom is 0.245 e. The summed E-state index contributed by atoms with van der Waals surface area (Å²) >= 11 is 0. The van der Waals surface area contributed by atoms with Crippen molar-refractivity contribution in [2.45, 2.75) is 18.7 Å². The van der Waals surface area contributed by atoms with Gasteiger partial charge in [-0.3, -0.25) is 0 Å². The van der Waals surface area contributed by atoms with Gasteiger partial charge >= 0.3 is 0 Å². The second-order valence-corrected chi connectivity index (χ2v) is 5.95. The van der Waals surface area contributed by atoms with Crippen molar-refractivity contribution < 1.29 is 8.42 Å². The highest BCUT2D eigenvalue weighted by Crippen LogP contribution is 2.27. The molecule has 0 aliphatic rings. The Hall–Kier alpha value is -1.53. The van der Waals surface area contributed by atoms with E-state index in [1.165, 1.54) is 10.5 Å². The van der Waals surface area contributed by atoms with Crippen LogP contribution in [0.15, 0.2) is 29.3 Å². The van der Waals surface area contributed by atoms with Gasteiger partial charge < -0.3 is 10.7 Å². The predicted molar refractivity (Wildman–Crippen MR) is 72.8 cm³/mol. The number of nitrogens with zero attached hydrogens (tertiary/aromatic N) is 1. The Bertz CT molecular complexity index is 657. The standard InChI is InChI=1S/C12H17N3O2S/c1-3-15(4-2)18(16,17)12-8-14-11-6-5-9(13)7-10(11)12/h5-8,14H,3-4,13H2,1-2H3. The molecule has 0 atom stereocenters. The molecule has 0 saturated carbocycles. The summed E-state index contributed by atoms with van der Waals surface area (Å²) in [5.41, 5.74) is 7.04. The van der Waals surface area contributed by atoms with Crippen LogP contribution in [0.5, 0.6) is 0 Å². The van der Waals surface area contributed by atoms with Crippen LogP contribution in [0.4, 0.5) is 5.69 Å². The number of nitrogens with two attached hydrogens (primary N) is 1. The Labute approximate surface area is 107 Å². The van der Waals surface area contributed by atoms with E-state index >= 15 is 0 Å². The number of hydrogen-bond acceptors (Lipinski definition) is 3. The van der Waals surface area contributed by atoms with Crippen LogP contribution in [0.1, 0.15) is 13.8 Å². The number of benzene rings is 1. The summed E-state index contributed by atoms with van der Waals surface area (Å²) < 4.78 is 26.3. The van der Waals surface area contributed by atoms with Gasteiger partial charge in [0, 0.05) is 35.9 Å². The lowest BCUT2D eigenvalue weighted by Crippen LogP contribution is -2.30. The first-order valence-electron chi connectivity index (χ1n) is 5.87. The third kappa shape index (κ3) is 1.97. The highest BCUT2D eigenvalue weighted by atomic mass is 32.2. The first-order chi connectivity index (χ1) is 8.50. The molecular formula is C12H17N3O2S. The number of nitrogen functional groups attached to an aromatic ring is 1. The molecule has 0 radical (unpaired) electrons. The molecule has 6 heteroatoms. The molecule has 0 spiro atoms. The highest BCUT2D eigenvalue weighted by Gasteiger charge is 2.24. The van der Waals surface area contributed by atoms with Crippen LogP contribution in [-0.4, -0.2) is 30.8 Å². The lowest BCUT2D eigenvalue weighted by atomic mass is 10.2. The summed E-state index contributed by atoms with van der Waals surface area (Å²) in [6, 6.07) is 5.21. The summed E-state index contributed by atoms with van der Waals surface area (Å²) in [6.07, 6.45) is 1.53. The van der Waals surface area contributed by atoms with Gasteiger partial charge in [-0.15, -0.1) is 0 Å². The summed E-state index contributed by atoms with van der Waals surface area (Å²) in [7, 11) is -3.45. The average Bonchev–Trinajstić information content (AvgIpc) is 2.73. The maximum absolute atomic E-state index is 12.4. The number of aromatic nitrogens is 1. The van der Waals surface area contributed by atoms with Crippen molar-refractivity contribution in [1.29, 1.82) is 0 Å². The lowest BCUT2D eigenvalue weighted by Gasteiger charge is -2.17. The van der Waals surface area contributed by atoms with Gasteiger partial charge in [0.05, 0.1) is 0 Å². The van der Waals surface area contributed by atoms with Gasteiger partial charge in [0.15, 0.2) is 0 Å². The zero-order chi connectivity index (χ0) is 13.3. The first-order valence-corrected chi connectivity index (χ1v) is 7.31. The van der Waals surface area contributed by atoms with Crippen LogP contribution in [0.3, 0.4) is 0 Å². The molecule has 2 rings (SSSR count).